The SMILES string of the molecule is CCNC(C)CC(=O)NCCC#N. The smallest absolute Gasteiger partial charge is 0.221 e. The van der Waals surface area contributed by atoms with E-state index in [1.165, 1.54) is 0 Å². The van der Waals surface area contributed by atoms with Crippen LogP contribution in [-0.2, 0) is 4.79 Å². The van der Waals surface area contributed by atoms with Crippen molar-refractivity contribution in [3.8, 4) is 6.07 Å². The zero-order valence-electron chi connectivity index (χ0n) is 8.26. The van der Waals surface area contributed by atoms with Gasteiger partial charge in [0.05, 0.1) is 12.5 Å². The van der Waals surface area contributed by atoms with Crippen LogP contribution in [-0.4, -0.2) is 25.0 Å². The van der Waals surface area contributed by atoms with Gasteiger partial charge in [0, 0.05) is 19.0 Å². The highest BCUT2D eigenvalue weighted by atomic mass is 16.1. The molecule has 0 radical (unpaired) electrons. The predicted molar refractivity (Wildman–Crippen MR) is 51.0 cm³/mol. The summed E-state index contributed by atoms with van der Waals surface area (Å²) in [7, 11) is 0. The van der Waals surface area contributed by atoms with Gasteiger partial charge in [-0.15, -0.1) is 0 Å². The van der Waals surface area contributed by atoms with E-state index in [0.29, 0.717) is 19.4 Å². The normalized spacial score (nSPS) is 11.8. The third kappa shape index (κ3) is 7.29. The van der Waals surface area contributed by atoms with Crippen LogP contribution < -0.4 is 10.6 Å². The Morgan fingerprint density at radius 1 is 1.62 bits per heavy atom. The van der Waals surface area contributed by atoms with Crippen molar-refractivity contribution in [1.82, 2.24) is 10.6 Å². The number of nitriles is 1. The first-order valence-corrected chi connectivity index (χ1v) is 4.57. The van der Waals surface area contributed by atoms with Gasteiger partial charge in [0.25, 0.3) is 0 Å². The van der Waals surface area contributed by atoms with Crippen molar-refractivity contribution in [2.24, 2.45) is 0 Å². The Labute approximate surface area is 79.3 Å². The summed E-state index contributed by atoms with van der Waals surface area (Å²) in [5.41, 5.74) is 0. The van der Waals surface area contributed by atoms with Crippen LogP contribution in [0.3, 0.4) is 0 Å². The Kier molecular flexibility index (Phi) is 6.93. The molecule has 0 rings (SSSR count). The van der Waals surface area contributed by atoms with E-state index < -0.39 is 0 Å². The highest BCUT2D eigenvalue weighted by Crippen LogP contribution is 1.89. The fraction of sp³-hybridized carbons (Fsp3) is 0.778. The molecular formula is C9H17N3O. The minimum absolute atomic E-state index is 0.00343. The monoisotopic (exact) mass is 183 g/mol. The Hall–Kier alpha value is -1.08. The number of rotatable bonds is 6. The highest BCUT2D eigenvalue weighted by molar-refractivity contribution is 5.76. The third-order valence-electron chi connectivity index (χ3n) is 1.60. The Bertz CT molecular complexity index is 186. The van der Waals surface area contributed by atoms with Gasteiger partial charge in [-0.3, -0.25) is 4.79 Å². The maximum Gasteiger partial charge on any atom is 0.221 e. The summed E-state index contributed by atoms with van der Waals surface area (Å²) >= 11 is 0. The first-order chi connectivity index (χ1) is 6.20. The molecule has 0 heterocycles. The molecule has 0 bridgehead atoms. The van der Waals surface area contributed by atoms with Gasteiger partial charge in [0.1, 0.15) is 0 Å². The minimum atomic E-state index is 0.00343. The van der Waals surface area contributed by atoms with E-state index >= 15 is 0 Å². The van der Waals surface area contributed by atoms with Crippen molar-refractivity contribution in [2.45, 2.75) is 32.7 Å². The lowest BCUT2D eigenvalue weighted by Crippen LogP contribution is -2.33. The number of carbonyl (C=O) groups excluding carboxylic acids is 1. The second kappa shape index (κ2) is 7.56. The van der Waals surface area contributed by atoms with Crippen LogP contribution in [0.4, 0.5) is 0 Å². The fourth-order valence-electron chi connectivity index (χ4n) is 1.03. The van der Waals surface area contributed by atoms with E-state index in [1.807, 2.05) is 19.9 Å². The molecule has 1 amide bonds. The first kappa shape index (κ1) is 11.9. The first-order valence-electron chi connectivity index (χ1n) is 4.57. The van der Waals surface area contributed by atoms with Crippen molar-refractivity contribution >= 4 is 5.91 Å². The molecule has 1 unspecified atom stereocenters. The predicted octanol–water partition coefficient (Wildman–Crippen LogP) is 0.404. The maximum atomic E-state index is 11.1. The van der Waals surface area contributed by atoms with E-state index in [9.17, 15) is 4.79 Å². The average molecular weight is 183 g/mol. The summed E-state index contributed by atoms with van der Waals surface area (Å²) in [6.45, 7) is 5.29. The molecule has 0 aromatic carbocycles. The largest absolute Gasteiger partial charge is 0.355 e. The van der Waals surface area contributed by atoms with Gasteiger partial charge in [-0.1, -0.05) is 6.92 Å². The number of hydrogen-bond acceptors (Lipinski definition) is 3. The van der Waals surface area contributed by atoms with Gasteiger partial charge in [-0.05, 0) is 13.5 Å². The van der Waals surface area contributed by atoms with E-state index in [2.05, 4.69) is 10.6 Å². The van der Waals surface area contributed by atoms with Gasteiger partial charge >= 0.3 is 0 Å². The zero-order chi connectivity index (χ0) is 10.1. The van der Waals surface area contributed by atoms with Gasteiger partial charge < -0.3 is 10.6 Å². The van der Waals surface area contributed by atoms with Crippen molar-refractivity contribution in [1.29, 1.82) is 5.26 Å². The van der Waals surface area contributed by atoms with Crippen LogP contribution in [0.2, 0.25) is 0 Å². The Morgan fingerprint density at radius 2 is 2.31 bits per heavy atom. The summed E-state index contributed by atoms with van der Waals surface area (Å²) in [5.74, 6) is 0.00343. The maximum absolute atomic E-state index is 11.1. The molecule has 4 nitrogen and oxygen atoms in total. The van der Waals surface area contributed by atoms with Crippen molar-refractivity contribution in [3.05, 3.63) is 0 Å². The van der Waals surface area contributed by atoms with Crippen molar-refractivity contribution < 1.29 is 4.79 Å². The molecule has 13 heavy (non-hydrogen) atoms. The molecule has 2 N–H and O–H groups in total. The molecule has 0 aliphatic rings. The molecule has 0 aromatic rings. The second-order valence-electron chi connectivity index (χ2n) is 2.92. The van der Waals surface area contributed by atoms with E-state index in [4.69, 9.17) is 5.26 Å². The lowest BCUT2D eigenvalue weighted by Gasteiger charge is -2.11. The molecule has 0 aliphatic heterocycles. The lowest BCUT2D eigenvalue weighted by atomic mass is 10.2. The molecular weight excluding hydrogens is 166 g/mol. The summed E-state index contributed by atoms with van der Waals surface area (Å²) in [6.07, 6.45) is 0.848. The number of hydrogen-bond donors (Lipinski definition) is 2. The lowest BCUT2D eigenvalue weighted by molar-refractivity contribution is -0.121. The molecule has 0 aliphatic carbocycles. The van der Waals surface area contributed by atoms with Crippen LogP contribution in [0.15, 0.2) is 0 Å². The van der Waals surface area contributed by atoms with E-state index in [1.54, 1.807) is 0 Å². The third-order valence-corrected chi connectivity index (χ3v) is 1.60. The van der Waals surface area contributed by atoms with Crippen LogP contribution in [0.25, 0.3) is 0 Å². The Balaban J connectivity index is 3.45. The summed E-state index contributed by atoms with van der Waals surface area (Å²) < 4.78 is 0. The molecule has 0 saturated carbocycles. The van der Waals surface area contributed by atoms with Crippen molar-refractivity contribution in [2.75, 3.05) is 13.1 Å². The summed E-state index contributed by atoms with van der Waals surface area (Å²) in [6, 6.07) is 2.17. The highest BCUT2D eigenvalue weighted by Gasteiger charge is 2.06. The second-order valence-corrected chi connectivity index (χ2v) is 2.92. The standard InChI is InChI=1S/C9H17N3O/c1-3-11-8(2)7-9(13)12-6-4-5-10/h8,11H,3-4,6-7H2,1-2H3,(H,12,13). The fourth-order valence-corrected chi connectivity index (χ4v) is 1.03. The van der Waals surface area contributed by atoms with Crippen LogP contribution in [0, 0.1) is 11.3 Å². The Morgan fingerprint density at radius 3 is 2.85 bits per heavy atom. The summed E-state index contributed by atoms with van der Waals surface area (Å²) in [5, 5.41) is 14.0. The van der Waals surface area contributed by atoms with Crippen LogP contribution in [0.1, 0.15) is 26.7 Å². The topological polar surface area (TPSA) is 64.9 Å². The molecule has 0 spiro atoms. The summed E-state index contributed by atoms with van der Waals surface area (Å²) in [4.78, 5) is 11.1. The van der Waals surface area contributed by atoms with Gasteiger partial charge in [0.2, 0.25) is 5.91 Å². The van der Waals surface area contributed by atoms with Gasteiger partial charge in [-0.2, -0.15) is 5.26 Å². The molecule has 4 heteroatoms. The van der Waals surface area contributed by atoms with Gasteiger partial charge in [0.15, 0.2) is 0 Å². The molecule has 1 atom stereocenters. The zero-order valence-corrected chi connectivity index (χ0v) is 8.26. The number of nitrogens with one attached hydrogen (secondary N) is 2. The minimum Gasteiger partial charge on any atom is -0.355 e. The molecule has 74 valence electrons. The van der Waals surface area contributed by atoms with E-state index in [-0.39, 0.29) is 11.9 Å². The molecule has 0 aromatic heterocycles. The van der Waals surface area contributed by atoms with Gasteiger partial charge in [-0.25, -0.2) is 0 Å². The van der Waals surface area contributed by atoms with E-state index in [0.717, 1.165) is 6.54 Å². The molecule has 0 saturated heterocycles. The number of amides is 1. The van der Waals surface area contributed by atoms with Crippen molar-refractivity contribution in [3.63, 3.8) is 0 Å². The van der Waals surface area contributed by atoms with Crippen LogP contribution >= 0.6 is 0 Å². The average Bonchev–Trinajstić information content (AvgIpc) is 2.05. The quantitative estimate of drug-likeness (QED) is 0.586. The van der Waals surface area contributed by atoms with Crippen LogP contribution in [0.5, 0.6) is 0 Å². The molecule has 0 fully saturated rings. The number of carbonyl (C=O) groups is 1. The number of nitrogens with zero attached hydrogens (tertiary/aromatic N) is 1.